The number of benzene rings is 1. The molecule has 3 aromatic rings. The van der Waals surface area contributed by atoms with Gasteiger partial charge < -0.3 is 14.5 Å². The number of H-pyrrole nitrogens is 1. The van der Waals surface area contributed by atoms with Crippen molar-refractivity contribution in [1.82, 2.24) is 10.2 Å². The fourth-order valence-electron chi connectivity index (χ4n) is 4.26. The van der Waals surface area contributed by atoms with Gasteiger partial charge in [0.25, 0.3) is 0 Å². The van der Waals surface area contributed by atoms with Gasteiger partial charge in [-0.05, 0) is 55.4 Å². The van der Waals surface area contributed by atoms with Gasteiger partial charge >= 0.3 is 0 Å². The summed E-state index contributed by atoms with van der Waals surface area (Å²) in [5.41, 5.74) is 5.64. The number of anilines is 1. The first-order valence-corrected chi connectivity index (χ1v) is 9.71. The molecule has 2 N–H and O–H groups in total. The molecule has 27 heavy (non-hydrogen) atoms. The van der Waals surface area contributed by atoms with Crippen LogP contribution in [-0.2, 0) is 28.8 Å². The first kappa shape index (κ1) is 16.6. The van der Waals surface area contributed by atoms with Crippen molar-refractivity contribution >= 4 is 22.7 Å². The third-order valence-electron chi connectivity index (χ3n) is 5.75. The van der Waals surface area contributed by atoms with Gasteiger partial charge in [-0.3, -0.25) is 9.89 Å². The maximum absolute atomic E-state index is 12.5. The van der Waals surface area contributed by atoms with E-state index in [1.165, 1.54) is 17.5 Å². The van der Waals surface area contributed by atoms with E-state index in [4.69, 9.17) is 9.15 Å². The maximum Gasteiger partial charge on any atom is 0.230 e. The minimum Gasteiger partial charge on any atom is -0.464 e. The van der Waals surface area contributed by atoms with Crippen molar-refractivity contribution < 1.29 is 13.9 Å². The fraction of sp³-hybridized carbons (Fsp3) is 0.429. The van der Waals surface area contributed by atoms with E-state index < -0.39 is 0 Å². The molecule has 140 valence electrons. The topological polar surface area (TPSA) is 80.1 Å². The Labute approximate surface area is 157 Å². The number of rotatable bonds is 4. The van der Waals surface area contributed by atoms with Crippen LogP contribution in [0.15, 0.2) is 28.9 Å². The van der Waals surface area contributed by atoms with Gasteiger partial charge in [0.1, 0.15) is 5.58 Å². The van der Waals surface area contributed by atoms with Crippen molar-refractivity contribution in [2.24, 2.45) is 0 Å². The molecule has 0 radical (unpaired) electrons. The van der Waals surface area contributed by atoms with Crippen LogP contribution in [-0.4, -0.2) is 29.3 Å². The lowest BCUT2D eigenvalue weighted by atomic mass is 9.97. The van der Waals surface area contributed by atoms with Gasteiger partial charge in [0, 0.05) is 41.8 Å². The van der Waals surface area contributed by atoms with E-state index in [2.05, 4.69) is 27.6 Å². The molecule has 0 spiro atoms. The smallest absolute Gasteiger partial charge is 0.230 e. The van der Waals surface area contributed by atoms with Gasteiger partial charge in [0.15, 0.2) is 5.82 Å². The number of fused-ring (bicyclic) bond motifs is 2. The standard InChI is InChI=1S/C21H23N3O3/c25-21(22-20-11-18(23-24-20)13-4-6-26-7-5-13)10-16-12-27-19-9-15-3-1-2-14(15)8-17(16)19/h8-9,11-13H,1-7,10H2,(H2,22,23,24,25). The van der Waals surface area contributed by atoms with Crippen LogP contribution in [0.3, 0.4) is 0 Å². The van der Waals surface area contributed by atoms with E-state index in [9.17, 15) is 4.79 Å². The number of aromatic amines is 1. The molecule has 1 amide bonds. The van der Waals surface area contributed by atoms with Gasteiger partial charge in [0.05, 0.1) is 12.7 Å². The third-order valence-corrected chi connectivity index (χ3v) is 5.75. The van der Waals surface area contributed by atoms with E-state index in [0.717, 1.165) is 61.1 Å². The number of amides is 1. The molecular formula is C21H23N3O3. The summed E-state index contributed by atoms with van der Waals surface area (Å²) in [5.74, 6) is 0.926. The summed E-state index contributed by atoms with van der Waals surface area (Å²) in [5, 5.41) is 11.3. The summed E-state index contributed by atoms with van der Waals surface area (Å²) in [6.07, 6.45) is 7.40. The van der Waals surface area contributed by atoms with Gasteiger partial charge in [0.2, 0.25) is 5.91 Å². The van der Waals surface area contributed by atoms with E-state index in [1.54, 1.807) is 6.26 Å². The van der Waals surface area contributed by atoms with Crippen LogP contribution in [0.25, 0.3) is 11.0 Å². The summed E-state index contributed by atoms with van der Waals surface area (Å²) in [7, 11) is 0. The Morgan fingerprint density at radius 1 is 1.19 bits per heavy atom. The first-order chi connectivity index (χ1) is 13.3. The Morgan fingerprint density at radius 3 is 2.85 bits per heavy atom. The molecule has 6 nitrogen and oxygen atoms in total. The number of carbonyl (C=O) groups excluding carboxylic acids is 1. The van der Waals surface area contributed by atoms with Crippen molar-refractivity contribution in [3.05, 3.63) is 46.8 Å². The molecule has 1 saturated heterocycles. The monoisotopic (exact) mass is 365 g/mol. The maximum atomic E-state index is 12.5. The second kappa shape index (κ2) is 6.85. The summed E-state index contributed by atoms with van der Waals surface area (Å²) in [4.78, 5) is 12.5. The second-order valence-electron chi connectivity index (χ2n) is 7.55. The molecular weight excluding hydrogens is 342 g/mol. The van der Waals surface area contributed by atoms with E-state index >= 15 is 0 Å². The van der Waals surface area contributed by atoms with Crippen LogP contribution >= 0.6 is 0 Å². The van der Waals surface area contributed by atoms with Gasteiger partial charge in [-0.25, -0.2) is 0 Å². The molecule has 1 aromatic carbocycles. The van der Waals surface area contributed by atoms with Crippen molar-refractivity contribution in [3.63, 3.8) is 0 Å². The van der Waals surface area contributed by atoms with Crippen LogP contribution in [0.2, 0.25) is 0 Å². The molecule has 0 saturated carbocycles. The van der Waals surface area contributed by atoms with Crippen LogP contribution in [0.4, 0.5) is 5.82 Å². The van der Waals surface area contributed by atoms with Crippen molar-refractivity contribution in [2.45, 2.75) is 44.4 Å². The van der Waals surface area contributed by atoms with Crippen molar-refractivity contribution in [3.8, 4) is 0 Å². The molecule has 0 unspecified atom stereocenters. The number of hydrogen-bond acceptors (Lipinski definition) is 4. The largest absolute Gasteiger partial charge is 0.464 e. The van der Waals surface area contributed by atoms with Crippen LogP contribution in [0.1, 0.15) is 47.6 Å². The zero-order valence-electron chi connectivity index (χ0n) is 15.2. The Bertz CT molecular complexity index is 982. The normalized spacial score (nSPS) is 17.3. The zero-order valence-corrected chi connectivity index (χ0v) is 15.2. The SMILES string of the molecule is O=C(Cc1coc2cc3c(cc12)CCC3)Nc1cc(C2CCOCC2)[nH]n1. The van der Waals surface area contributed by atoms with E-state index in [-0.39, 0.29) is 12.3 Å². The fourth-order valence-corrected chi connectivity index (χ4v) is 4.26. The van der Waals surface area contributed by atoms with Crippen molar-refractivity contribution in [2.75, 3.05) is 18.5 Å². The quantitative estimate of drug-likeness (QED) is 0.738. The Morgan fingerprint density at radius 2 is 2.00 bits per heavy atom. The molecule has 1 aliphatic carbocycles. The summed E-state index contributed by atoms with van der Waals surface area (Å²) in [6, 6.07) is 6.27. The summed E-state index contributed by atoms with van der Waals surface area (Å²) in [6.45, 7) is 1.56. The predicted octanol–water partition coefficient (Wildman–Crippen LogP) is 3.72. The number of nitrogens with one attached hydrogen (secondary N) is 2. The van der Waals surface area contributed by atoms with Gasteiger partial charge in [-0.1, -0.05) is 0 Å². The lowest BCUT2D eigenvalue weighted by Crippen LogP contribution is -2.15. The van der Waals surface area contributed by atoms with Gasteiger partial charge in [-0.2, -0.15) is 5.10 Å². The Hall–Kier alpha value is -2.60. The van der Waals surface area contributed by atoms with Crippen molar-refractivity contribution in [1.29, 1.82) is 0 Å². The molecule has 2 aromatic heterocycles. The zero-order chi connectivity index (χ0) is 18.2. The number of hydrogen-bond donors (Lipinski definition) is 2. The lowest BCUT2D eigenvalue weighted by molar-refractivity contribution is -0.115. The number of aryl methyl sites for hydroxylation is 2. The highest BCUT2D eigenvalue weighted by Gasteiger charge is 2.20. The lowest BCUT2D eigenvalue weighted by Gasteiger charge is -2.20. The third kappa shape index (κ3) is 3.25. The highest BCUT2D eigenvalue weighted by Crippen LogP contribution is 2.31. The molecule has 6 heteroatoms. The highest BCUT2D eigenvalue weighted by atomic mass is 16.5. The second-order valence-corrected chi connectivity index (χ2v) is 7.55. The van der Waals surface area contributed by atoms with Gasteiger partial charge in [-0.15, -0.1) is 0 Å². The molecule has 1 aliphatic heterocycles. The number of carbonyl (C=O) groups is 1. The number of aromatic nitrogens is 2. The Kier molecular flexibility index (Phi) is 4.20. The van der Waals surface area contributed by atoms with Crippen LogP contribution in [0.5, 0.6) is 0 Å². The van der Waals surface area contributed by atoms with Crippen LogP contribution in [0, 0.1) is 0 Å². The molecule has 2 aliphatic rings. The van der Waals surface area contributed by atoms with E-state index in [0.29, 0.717) is 11.7 Å². The molecule has 0 bridgehead atoms. The average Bonchev–Trinajstić information content (AvgIpc) is 3.41. The molecule has 5 rings (SSSR count). The summed E-state index contributed by atoms with van der Waals surface area (Å²) >= 11 is 0. The Balaban J connectivity index is 1.28. The number of furan rings is 1. The molecule has 3 heterocycles. The predicted molar refractivity (Wildman–Crippen MR) is 102 cm³/mol. The molecule has 1 fully saturated rings. The van der Waals surface area contributed by atoms with Crippen LogP contribution < -0.4 is 5.32 Å². The minimum absolute atomic E-state index is 0.0803. The summed E-state index contributed by atoms with van der Waals surface area (Å²) < 4.78 is 11.1. The molecule has 0 atom stereocenters. The number of ether oxygens (including phenoxy) is 1. The minimum atomic E-state index is -0.0803. The average molecular weight is 365 g/mol. The van der Waals surface area contributed by atoms with E-state index in [1.807, 2.05) is 6.07 Å². The first-order valence-electron chi connectivity index (χ1n) is 9.71. The highest BCUT2D eigenvalue weighted by molar-refractivity contribution is 5.95. The number of nitrogens with zero attached hydrogens (tertiary/aromatic N) is 1.